The zero-order chi connectivity index (χ0) is 10.8. The molecular weight excluding hydrogens is 293 g/mol. The maximum atomic E-state index is 9.43. The van der Waals surface area contributed by atoms with Crippen LogP contribution < -0.4 is 5.32 Å². The van der Waals surface area contributed by atoms with E-state index in [1.165, 1.54) is 0 Å². The molecule has 0 bridgehead atoms. The van der Waals surface area contributed by atoms with Crippen molar-refractivity contribution in [3.8, 4) is 0 Å². The molecule has 6 heteroatoms. The monoisotopic (exact) mass is 305 g/mol. The smallest absolute Gasteiger partial charge is 0.223 e. The standard InChI is InChI=1S/C10H12ClN3O.BrH/c1-7-3-2-4-8(11)9(7)13-10-12-5-6-14(10)15;/h2-4,15H,5-6H2,1H3,(H,12,13);1H. The molecule has 1 aliphatic rings. The molecule has 88 valence electrons. The predicted octanol–water partition coefficient (Wildman–Crippen LogP) is 2.51. The molecule has 16 heavy (non-hydrogen) atoms. The number of nitrogens with zero attached hydrogens (tertiary/aromatic N) is 2. The summed E-state index contributed by atoms with van der Waals surface area (Å²) in [5.74, 6) is 0.450. The van der Waals surface area contributed by atoms with Gasteiger partial charge in [0.1, 0.15) is 0 Å². The highest BCUT2D eigenvalue weighted by Gasteiger charge is 2.16. The Balaban J connectivity index is 0.00000128. The number of hydroxylamine groups is 2. The van der Waals surface area contributed by atoms with Crippen molar-refractivity contribution < 1.29 is 5.21 Å². The van der Waals surface area contributed by atoms with Crippen LogP contribution in [0.2, 0.25) is 5.02 Å². The zero-order valence-electron chi connectivity index (χ0n) is 8.77. The van der Waals surface area contributed by atoms with Gasteiger partial charge in [-0.2, -0.15) is 0 Å². The van der Waals surface area contributed by atoms with Crippen LogP contribution in [0.4, 0.5) is 5.69 Å². The average Bonchev–Trinajstić information content (AvgIpc) is 2.58. The van der Waals surface area contributed by atoms with Crippen molar-refractivity contribution in [2.24, 2.45) is 4.99 Å². The molecule has 0 aromatic heterocycles. The van der Waals surface area contributed by atoms with E-state index in [0.717, 1.165) is 10.6 Å². The molecule has 1 fully saturated rings. The summed E-state index contributed by atoms with van der Waals surface area (Å²) in [5.41, 5.74) is 1.68. The molecule has 2 N–H and O–H groups in total. The van der Waals surface area contributed by atoms with Gasteiger partial charge in [-0.05, 0) is 18.6 Å². The third kappa shape index (κ3) is 2.66. The van der Waals surface area contributed by atoms with Crippen molar-refractivity contribution in [2.45, 2.75) is 6.92 Å². The normalized spacial score (nSPS) is 17.2. The number of aliphatic imine (C=N–C) groups is 1. The fourth-order valence-electron chi connectivity index (χ4n) is 1.44. The minimum Gasteiger partial charge on any atom is -0.352 e. The average molecular weight is 307 g/mol. The van der Waals surface area contributed by atoms with Crippen LogP contribution in [0.25, 0.3) is 0 Å². The van der Waals surface area contributed by atoms with Crippen LogP contribution in [0.3, 0.4) is 0 Å². The lowest BCUT2D eigenvalue weighted by Crippen LogP contribution is -2.26. The number of hydrogen-bond donors (Lipinski definition) is 2. The second-order valence-corrected chi connectivity index (χ2v) is 3.80. The Morgan fingerprint density at radius 1 is 1.50 bits per heavy atom. The van der Waals surface area contributed by atoms with Gasteiger partial charge in [-0.3, -0.25) is 5.21 Å². The van der Waals surface area contributed by atoms with E-state index in [9.17, 15) is 5.21 Å². The van der Waals surface area contributed by atoms with E-state index in [4.69, 9.17) is 11.6 Å². The van der Waals surface area contributed by atoms with Gasteiger partial charge in [0.25, 0.3) is 0 Å². The molecule has 2 rings (SSSR count). The number of aryl methyl sites for hydroxylation is 1. The second-order valence-electron chi connectivity index (χ2n) is 3.39. The Hall–Kier alpha value is -0.780. The molecule has 0 saturated carbocycles. The van der Waals surface area contributed by atoms with Crippen LogP contribution in [0.15, 0.2) is 23.2 Å². The molecular formula is C10H13BrClN3O. The number of rotatable bonds is 1. The van der Waals surface area contributed by atoms with Gasteiger partial charge in [0.15, 0.2) is 0 Å². The van der Waals surface area contributed by atoms with Crippen molar-refractivity contribution in [2.75, 3.05) is 13.1 Å². The van der Waals surface area contributed by atoms with Crippen LogP contribution >= 0.6 is 28.6 Å². The van der Waals surface area contributed by atoms with Crippen LogP contribution in [-0.2, 0) is 0 Å². The van der Waals surface area contributed by atoms with Gasteiger partial charge in [-0.15, -0.1) is 17.0 Å². The summed E-state index contributed by atoms with van der Waals surface area (Å²) in [6.07, 6.45) is 0. The third-order valence-corrected chi connectivity index (χ3v) is 2.56. The SMILES string of the molecule is Br.Cc1cccc(Cl)c1/N=C1\NCCN1O. The van der Waals surface area contributed by atoms with E-state index in [-0.39, 0.29) is 17.0 Å². The van der Waals surface area contributed by atoms with E-state index in [1.54, 1.807) is 6.07 Å². The summed E-state index contributed by atoms with van der Waals surface area (Å²) in [6, 6.07) is 5.59. The molecule has 0 unspecified atom stereocenters. The molecule has 4 nitrogen and oxygen atoms in total. The summed E-state index contributed by atoms with van der Waals surface area (Å²) < 4.78 is 0. The van der Waals surface area contributed by atoms with Crippen molar-refractivity contribution >= 4 is 40.2 Å². The molecule has 1 heterocycles. The first-order valence-corrected chi connectivity index (χ1v) is 5.10. The molecule has 0 spiro atoms. The van der Waals surface area contributed by atoms with Crippen LogP contribution in [0, 0.1) is 6.92 Å². The highest BCUT2D eigenvalue weighted by atomic mass is 79.9. The van der Waals surface area contributed by atoms with Crippen LogP contribution in [0.1, 0.15) is 5.56 Å². The van der Waals surface area contributed by atoms with E-state index >= 15 is 0 Å². The van der Waals surface area contributed by atoms with Gasteiger partial charge >= 0.3 is 0 Å². The fourth-order valence-corrected chi connectivity index (χ4v) is 1.70. The summed E-state index contributed by atoms with van der Waals surface area (Å²) in [5, 5.41) is 14.1. The predicted molar refractivity (Wildman–Crippen MR) is 70.1 cm³/mol. The molecule has 1 aliphatic heterocycles. The Kier molecular flexibility index (Phi) is 4.58. The molecule has 0 radical (unpaired) electrons. The summed E-state index contributed by atoms with van der Waals surface area (Å²) in [7, 11) is 0. The second kappa shape index (κ2) is 5.52. The van der Waals surface area contributed by atoms with E-state index < -0.39 is 0 Å². The summed E-state index contributed by atoms with van der Waals surface area (Å²) in [6.45, 7) is 3.17. The number of guanidine groups is 1. The molecule has 1 aromatic rings. The van der Waals surface area contributed by atoms with Gasteiger partial charge in [-0.1, -0.05) is 23.7 Å². The zero-order valence-corrected chi connectivity index (χ0v) is 11.2. The molecule has 1 aromatic carbocycles. The largest absolute Gasteiger partial charge is 0.352 e. The molecule has 0 amide bonds. The van der Waals surface area contributed by atoms with E-state index in [1.807, 2.05) is 19.1 Å². The first-order chi connectivity index (χ1) is 7.18. The molecule has 1 saturated heterocycles. The van der Waals surface area contributed by atoms with Crippen LogP contribution in [0.5, 0.6) is 0 Å². The fraction of sp³-hybridized carbons (Fsp3) is 0.300. The number of halogens is 2. The Morgan fingerprint density at radius 3 is 2.81 bits per heavy atom. The highest BCUT2D eigenvalue weighted by Crippen LogP contribution is 2.28. The third-order valence-electron chi connectivity index (χ3n) is 2.26. The Morgan fingerprint density at radius 2 is 2.25 bits per heavy atom. The van der Waals surface area contributed by atoms with Gasteiger partial charge in [-0.25, -0.2) is 10.1 Å². The minimum atomic E-state index is 0. The molecule has 0 atom stereocenters. The maximum Gasteiger partial charge on any atom is 0.223 e. The number of para-hydroxylation sites is 1. The Bertz CT molecular complexity index is 391. The number of benzene rings is 1. The van der Waals surface area contributed by atoms with Gasteiger partial charge in [0.2, 0.25) is 5.96 Å². The lowest BCUT2D eigenvalue weighted by Gasteiger charge is -2.09. The topological polar surface area (TPSA) is 47.9 Å². The van der Waals surface area contributed by atoms with Crippen molar-refractivity contribution in [1.29, 1.82) is 0 Å². The van der Waals surface area contributed by atoms with E-state index in [2.05, 4.69) is 10.3 Å². The van der Waals surface area contributed by atoms with Crippen molar-refractivity contribution in [3.05, 3.63) is 28.8 Å². The van der Waals surface area contributed by atoms with Crippen molar-refractivity contribution in [3.63, 3.8) is 0 Å². The summed E-state index contributed by atoms with van der Waals surface area (Å²) in [4.78, 5) is 4.29. The Labute approximate surface area is 110 Å². The van der Waals surface area contributed by atoms with Crippen LogP contribution in [-0.4, -0.2) is 29.3 Å². The highest BCUT2D eigenvalue weighted by molar-refractivity contribution is 8.93. The lowest BCUT2D eigenvalue weighted by molar-refractivity contribution is -0.00126. The number of nitrogens with one attached hydrogen (secondary N) is 1. The minimum absolute atomic E-state index is 0. The molecule has 0 aliphatic carbocycles. The first kappa shape index (κ1) is 13.3. The van der Waals surface area contributed by atoms with Crippen molar-refractivity contribution in [1.82, 2.24) is 10.4 Å². The summed E-state index contributed by atoms with van der Waals surface area (Å²) >= 11 is 6.02. The number of hydrogen-bond acceptors (Lipinski definition) is 2. The maximum absolute atomic E-state index is 9.43. The lowest BCUT2D eigenvalue weighted by atomic mass is 10.2. The van der Waals surface area contributed by atoms with Gasteiger partial charge in [0.05, 0.1) is 17.3 Å². The van der Waals surface area contributed by atoms with Gasteiger partial charge in [0, 0.05) is 6.54 Å². The first-order valence-electron chi connectivity index (χ1n) is 4.72. The van der Waals surface area contributed by atoms with Gasteiger partial charge < -0.3 is 5.32 Å². The van der Waals surface area contributed by atoms with E-state index in [0.29, 0.717) is 29.8 Å². The quantitative estimate of drug-likeness (QED) is 0.838.